The van der Waals surface area contributed by atoms with Crippen molar-refractivity contribution in [3.8, 4) is 5.75 Å². The first-order valence-corrected chi connectivity index (χ1v) is 4.21. The van der Waals surface area contributed by atoms with Gasteiger partial charge in [0, 0.05) is 24.1 Å². The Kier molecular flexibility index (Phi) is 2.07. The second-order valence-corrected chi connectivity index (χ2v) is 3.16. The highest BCUT2D eigenvalue weighted by Gasteiger charge is 2.21. The molecule has 1 aliphatic heterocycles. The van der Waals surface area contributed by atoms with Crippen molar-refractivity contribution in [3.05, 3.63) is 33.9 Å². The van der Waals surface area contributed by atoms with Crippen LogP contribution in [0.3, 0.4) is 0 Å². The average Bonchev–Trinajstić information content (AvgIpc) is 2.16. The molecule has 1 aromatic rings. The van der Waals surface area contributed by atoms with Crippen LogP contribution in [0.1, 0.15) is 5.56 Å². The van der Waals surface area contributed by atoms with Crippen LogP contribution in [0.15, 0.2) is 18.2 Å². The van der Waals surface area contributed by atoms with Crippen LogP contribution in [0.4, 0.5) is 10.1 Å². The molecule has 0 spiro atoms. The molecule has 1 aliphatic rings. The number of fused-ring (bicyclic) bond motifs is 1. The molecule has 1 unspecified atom stereocenters. The Morgan fingerprint density at radius 2 is 2.36 bits per heavy atom. The molecular formula is C9H8FNO3. The summed E-state index contributed by atoms with van der Waals surface area (Å²) in [4.78, 5) is 9.94. The number of halogens is 1. The van der Waals surface area contributed by atoms with Gasteiger partial charge >= 0.3 is 0 Å². The maximum absolute atomic E-state index is 12.9. The van der Waals surface area contributed by atoms with Crippen molar-refractivity contribution < 1.29 is 14.1 Å². The SMILES string of the molecule is O=[N+]([O-])c1ccc2c(c1)CC(F)CO2. The van der Waals surface area contributed by atoms with Crippen molar-refractivity contribution >= 4 is 5.69 Å². The summed E-state index contributed by atoms with van der Waals surface area (Å²) in [5.74, 6) is 0.546. The highest BCUT2D eigenvalue weighted by Crippen LogP contribution is 2.29. The number of alkyl halides is 1. The zero-order valence-corrected chi connectivity index (χ0v) is 7.27. The number of hydrogen-bond donors (Lipinski definition) is 0. The fourth-order valence-electron chi connectivity index (χ4n) is 1.46. The van der Waals surface area contributed by atoms with Crippen molar-refractivity contribution in [3.63, 3.8) is 0 Å². The Morgan fingerprint density at radius 3 is 3.07 bits per heavy atom. The van der Waals surface area contributed by atoms with Crippen molar-refractivity contribution in [1.82, 2.24) is 0 Å². The predicted molar refractivity (Wildman–Crippen MR) is 47.2 cm³/mol. The molecule has 0 bridgehead atoms. The minimum atomic E-state index is -1.07. The lowest BCUT2D eigenvalue weighted by Gasteiger charge is -2.19. The molecule has 0 N–H and O–H groups in total. The van der Waals surface area contributed by atoms with Crippen LogP contribution in [0.25, 0.3) is 0 Å². The zero-order valence-electron chi connectivity index (χ0n) is 7.27. The van der Waals surface area contributed by atoms with E-state index < -0.39 is 11.1 Å². The molecule has 5 heteroatoms. The van der Waals surface area contributed by atoms with Crippen molar-refractivity contribution in [2.24, 2.45) is 0 Å². The Bertz CT molecular complexity index is 380. The molecule has 1 heterocycles. The third-order valence-corrected chi connectivity index (χ3v) is 2.12. The van der Waals surface area contributed by atoms with Gasteiger partial charge in [0.15, 0.2) is 0 Å². The highest BCUT2D eigenvalue weighted by molar-refractivity contribution is 5.45. The number of rotatable bonds is 1. The molecule has 0 aliphatic carbocycles. The Balaban J connectivity index is 2.37. The van der Waals surface area contributed by atoms with E-state index in [1.54, 1.807) is 0 Å². The first kappa shape index (κ1) is 8.93. The molecule has 0 aromatic heterocycles. The number of nitro groups is 1. The quantitative estimate of drug-likeness (QED) is 0.510. The summed E-state index contributed by atoms with van der Waals surface area (Å²) in [5, 5.41) is 10.4. The van der Waals surface area contributed by atoms with Crippen LogP contribution in [-0.4, -0.2) is 17.7 Å². The van der Waals surface area contributed by atoms with Crippen LogP contribution in [0.2, 0.25) is 0 Å². The van der Waals surface area contributed by atoms with E-state index in [9.17, 15) is 14.5 Å². The lowest BCUT2D eigenvalue weighted by molar-refractivity contribution is -0.385. The summed E-state index contributed by atoms with van der Waals surface area (Å²) in [6.45, 7) is 0.0326. The Morgan fingerprint density at radius 1 is 1.57 bits per heavy atom. The first-order chi connectivity index (χ1) is 6.66. The van der Waals surface area contributed by atoms with Gasteiger partial charge in [0.1, 0.15) is 18.5 Å². The van der Waals surface area contributed by atoms with Gasteiger partial charge in [-0.15, -0.1) is 0 Å². The van der Waals surface area contributed by atoms with Gasteiger partial charge in [-0.1, -0.05) is 0 Å². The number of ether oxygens (including phenoxy) is 1. The number of nitrogens with zero attached hydrogens (tertiary/aromatic N) is 1. The summed E-state index contributed by atoms with van der Waals surface area (Å²) in [5.41, 5.74) is 0.541. The normalized spacial score (nSPS) is 19.6. The van der Waals surface area contributed by atoms with Crippen LogP contribution >= 0.6 is 0 Å². The fourth-order valence-corrected chi connectivity index (χ4v) is 1.46. The minimum Gasteiger partial charge on any atom is -0.490 e. The fraction of sp³-hybridized carbons (Fsp3) is 0.333. The van der Waals surface area contributed by atoms with E-state index in [4.69, 9.17) is 4.74 Å². The topological polar surface area (TPSA) is 52.4 Å². The van der Waals surface area contributed by atoms with E-state index in [1.165, 1.54) is 18.2 Å². The molecule has 1 aromatic carbocycles. The van der Waals surface area contributed by atoms with E-state index in [2.05, 4.69) is 0 Å². The van der Waals surface area contributed by atoms with Gasteiger partial charge in [-0.25, -0.2) is 4.39 Å². The van der Waals surface area contributed by atoms with Gasteiger partial charge in [0.2, 0.25) is 0 Å². The summed E-state index contributed by atoms with van der Waals surface area (Å²) in [6.07, 6.45) is -0.874. The number of hydrogen-bond acceptors (Lipinski definition) is 3. The maximum atomic E-state index is 12.9. The molecule has 14 heavy (non-hydrogen) atoms. The molecule has 4 nitrogen and oxygen atoms in total. The summed E-state index contributed by atoms with van der Waals surface area (Å²) >= 11 is 0. The summed E-state index contributed by atoms with van der Waals surface area (Å²) in [6, 6.07) is 4.23. The molecule has 2 rings (SSSR count). The van der Waals surface area contributed by atoms with Gasteiger partial charge in [0.25, 0.3) is 5.69 Å². The van der Waals surface area contributed by atoms with Gasteiger partial charge in [-0.2, -0.15) is 0 Å². The van der Waals surface area contributed by atoms with Crippen molar-refractivity contribution in [2.45, 2.75) is 12.6 Å². The molecule has 74 valence electrons. The zero-order chi connectivity index (χ0) is 10.1. The second kappa shape index (κ2) is 3.25. The predicted octanol–water partition coefficient (Wildman–Crippen LogP) is 1.87. The molecule has 0 radical (unpaired) electrons. The number of non-ortho nitro benzene ring substituents is 1. The lowest BCUT2D eigenvalue weighted by Crippen LogP contribution is -2.21. The van der Waals surface area contributed by atoms with Gasteiger partial charge in [-0.3, -0.25) is 10.1 Å². The lowest BCUT2D eigenvalue weighted by atomic mass is 10.0. The van der Waals surface area contributed by atoms with Crippen LogP contribution in [0.5, 0.6) is 5.75 Å². The smallest absolute Gasteiger partial charge is 0.269 e. The van der Waals surface area contributed by atoms with E-state index in [-0.39, 0.29) is 18.7 Å². The van der Waals surface area contributed by atoms with Crippen LogP contribution in [0, 0.1) is 10.1 Å². The maximum Gasteiger partial charge on any atom is 0.269 e. The van der Waals surface area contributed by atoms with E-state index >= 15 is 0 Å². The summed E-state index contributed by atoms with van der Waals surface area (Å²) in [7, 11) is 0. The van der Waals surface area contributed by atoms with Crippen LogP contribution < -0.4 is 4.74 Å². The average molecular weight is 197 g/mol. The Labute approximate surface area is 79.5 Å². The number of benzene rings is 1. The molecule has 0 amide bonds. The molecule has 0 saturated heterocycles. The molecule has 0 saturated carbocycles. The standard InChI is InChI=1S/C9H8FNO3/c10-7-3-6-4-8(11(12)13)1-2-9(6)14-5-7/h1-2,4,7H,3,5H2. The second-order valence-electron chi connectivity index (χ2n) is 3.16. The number of nitro benzene ring substituents is 1. The van der Waals surface area contributed by atoms with Crippen LogP contribution in [-0.2, 0) is 6.42 Å². The van der Waals surface area contributed by atoms with Gasteiger partial charge < -0.3 is 4.74 Å². The van der Waals surface area contributed by atoms with Gasteiger partial charge in [0.05, 0.1) is 4.92 Å². The third-order valence-electron chi connectivity index (χ3n) is 2.12. The summed E-state index contributed by atoms with van der Waals surface area (Å²) < 4.78 is 18.0. The van der Waals surface area contributed by atoms with Gasteiger partial charge in [-0.05, 0) is 6.07 Å². The Hall–Kier alpha value is -1.65. The minimum absolute atomic E-state index is 0.0264. The first-order valence-electron chi connectivity index (χ1n) is 4.21. The molecule has 1 atom stereocenters. The van der Waals surface area contributed by atoms with E-state index in [0.717, 1.165) is 0 Å². The highest BCUT2D eigenvalue weighted by atomic mass is 19.1. The molecular weight excluding hydrogens is 189 g/mol. The van der Waals surface area contributed by atoms with E-state index in [1.807, 2.05) is 0 Å². The largest absolute Gasteiger partial charge is 0.490 e. The monoisotopic (exact) mass is 197 g/mol. The van der Waals surface area contributed by atoms with E-state index in [0.29, 0.717) is 11.3 Å². The van der Waals surface area contributed by atoms with Crippen molar-refractivity contribution in [1.29, 1.82) is 0 Å². The van der Waals surface area contributed by atoms with Crippen molar-refractivity contribution in [2.75, 3.05) is 6.61 Å². The molecule has 0 fully saturated rings. The third kappa shape index (κ3) is 1.53.